The highest BCUT2D eigenvalue weighted by molar-refractivity contribution is 7.99. The Morgan fingerprint density at radius 1 is 1.24 bits per heavy atom. The van der Waals surface area contributed by atoms with Crippen molar-refractivity contribution in [3.8, 4) is 6.07 Å². The summed E-state index contributed by atoms with van der Waals surface area (Å²) in [4.78, 5) is 0. The first kappa shape index (κ1) is 13.9. The van der Waals surface area contributed by atoms with Crippen LogP contribution in [-0.4, -0.2) is 30.4 Å². The van der Waals surface area contributed by atoms with Crippen LogP contribution in [0, 0.1) is 11.3 Å². The predicted molar refractivity (Wildman–Crippen MR) is 75.7 cm³/mol. The average Bonchev–Trinajstić information content (AvgIpc) is 3.26. The van der Waals surface area contributed by atoms with Crippen molar-refractivity contribution < 1.29 is 0 Å². The van der Waals surface area contributed by atoms with E-state index in [-0.39, 0.29) is 0 Å². The molecule has 0 amide bonds. The Kier molecular flexibility index (Phi) is 3.84. The van der Waals surface area contributed by atoms with Crippen molar-refractivity contribution in [1.82, 2.24) is 30.4 Å². The summed E-state index contributed by atoms with van der Waals surface area (Å²) < 4.78 is 1.81. The van der Waals surface area contributed by atoms with Gasteiger partial charge in [-0.2, -0.15) is 10.4 Å². The molecule has 1 aliphatic rings. The number of rotatable bonds is 5. The minimum absolute atomic E-state index is 0.390. The predicted octanol–water partition coefficient (Wildman–Crippen LogP) is 1.95. The van der Waals surface area contributed by atoms with Crippen LogP contribution in [0.25, 0.3) is 0 Å². The van der Waals surface area contributed by atoms with Gasteiger partial charge in [0, 0.05) is 0 Å². The number of hydrogen-bond donors (Lipinski definition) is 0. The van der Waals surface area contributed by atoms with E-state index >= 15 is 0 Å². The van der Waals surface area contributed by atoms with Gasteiger partial charge in [0.25, 0.3) is 0 Å². The molecule has 108 valence electrons. The number of aryl methyl sites for hydroxylation is 1. The molecule has 7 nitrogen and oxygen atoms in total. The molecule has 0 saturated heterocycles. The number of tetrazole rings is 1. The lowest BCUT2D eigenvalue weighted by Gasteiger charge is -2.09. The largest absolute Gasteiger partial charge is 0.217 e. The number of nitriles is 1. The van der Waals surface area contributed by atoms with Crippen molar-refractivity contribution in [2.45, 2.75) is 55.8 Å². The number of nitrogens with zero attached hydrogens (tertiary/aromatic N) is 7. The summed E-state index contributed by atoms with van der Waals surface area (Å²) in [5.41, 5.74) is 2.46. The molecule has 0 unspecified atom stereocenters. The van der Waals surface area contributed by atoms with Crippen LogP contribution in [0.15, 0.2) is 10.2 Å². The van der Waals surface area contributed by atoms with Crippen LogP contribution >= 0.6 is 11.8 Å². The van der Waals surface area contributed by atoms with Crippen LogP contribution < -0.4 is 0 Å². The van der Waals surface area contributed by atoms with Gasteiger partial charge < -0.3 is 0 Å². The molecular formula is C13H15N7S. The van der Waals surface area contributed by atoms with Gasteiger partial charge in [0.15, 0.2) is 0 Å². The fourth-order valence-electron chi connectivity index (χ4n) is 2.23. The third kappa shape index (κ3) is 2.61. The van der Waals surface area contributed by atoms with Crippen molar-refractivity contribution >= 4 is 11.8 Å². The fraction of sp³-hybridized carbons (Fsp3) is 0.538. The Morgan fingerprint density at radius 2 is 2.05 bits per heavy atom. The third-order valence-electron chi connectivity index (χ3n) is 3.47. The van der Waals surface area contributed by atoms with Gasteiger partial charge in [-0.05, 0) is 53.4 Å². The van der Waals surface area contributed by atoms with Gasteiger partial charge in [0.1, 0.15) is 11.1 Å². The highest BCUT2D eigenvalue weighted by Gasteiger charge is 2.29. The maximum atomic E-state index is 9.48. The molecule has 0 N–H and O–H groups in total. The smallest absolute Gasteiger partial charge is 0.215 e. The second-order valence-electron chi connectivity index (χ2n) is 4.86. The van der Waals surface area contributed by atoms with E-state index in [0.29, 0.717) is 21.8 Å². The van der Waals surface area contributed by atoms with Crippen LogP contribution in [0.1, 0.15) is 49.6 Å². The van der Waals surface area contributed by atoms with E-state index in [1.54, 1.807) is 0 Å². The highest BCUT2D eigenvalue weighted by atomic mass is 32.2. The maximum absolute atomic E-state index is 9.48. The minimum Gasteiger partial charge on any atom is -0.217 e. The summed E-state index contributed by atoms with van der Waals surface area (Å²) in [7, 11) is 0. The normalized spacial score (nSPS) is 14.1. The minimum atomic E-state index is 0.390. The molecular weight excluding hydrogens is 286 g/mol. The van der Waals surface area contributed by atoms with Crippen molar-refractivity contribution in [3.05, 3.63) is 16.8 Å². The monoisotopic (exact) mass is 301 g/mol. The van der Waals surface area contributed by atoms with Gasteiger partial charge in [0.2, 0.25) is 5.16 Å². The van der Waals surface area contributed by atoms with Crippen LogP contribution in [0.3, 0.4) is 0 Å². The molecule has 1 aliphatic carbocycles. The lowest BCUT2D eigenvalue weighted by atomic mass is 10.1. The Hall–Kier alpha value is -2.01. The lowest BCUT2D eigenvalue weighted by molar-refractivity contribution is 0.565. The molecule has 0 atom stereocenters. The van der Waals surface area contributed by atoms with E-state index < -0.39 is 0 Å². The summed E-state index contributed by atoms with van der Waals surface area (Å²) >= 11 is 1.32. The second-order valence-corrected chi connectivity index (χ2v) is 5.82. The highest BCUT2D eigenvalue weighted by Crippen LogP contribution is 2.38. The summed E-state index contributed by atoms with van der Waals surface area (Å²) in [5.74, 6) is 0. The van der Waals surface area contributed by atoms with E-state index in [4.69, 9.17) is 0 Å². The van der Waals surface area contributed by atoms with E-state index in [0.717, 1.165) is 36.9 Å². The summed E-state index contributed by atoms with van der Waals surface area (Å²) in [6.07, 6.45) is 3.74. The van der Waals surface area contributed by atoms with Crippen LogP contribution in [0.4, 0.5) is 0 Å². The summed E-state index contributed by atoms with van der Waals surface area (Å²) in [6.45, 7) is 4.05. The molecule has 1 fully saturated rings. The lowest BCUT2D eigenvalue weighted by Crippen LogP contribution is -2.05. The first-order chi connectivity index (χ1) is 10.3. The van der Waals surface area contributed by atoms with E-state index in [1.807, 2.05) is 18.5 Å². The summed E-state index contributed by atoms with van der Waals surface area (Å²) in [5, 5.41) is 31.0. The third-order valence-corrected chi connectivity index (χ3v) is 4.40. The molecule has 0 radical (unpaired) electrons. The average molecular weight is 301 g/mol. The quantitative estimate of drug-likeness (QED) is 0.833. The van der Waals surface area contributed by atoms with Gasteiger partial charge in [0.05, 0.1) is 17.3 Å². The molecule has 2 heterocycles. The molecule has 2 aromatic rings. The SMILES string of the molecule is CCc1nnc(Sc2nnnn2C2CC2)c(C#N)c1CC. The standard InChI is InChI=1S/C13H15N7S/c1-3-9-10(7-14)12(16-15-11(9)4-2)21-13-17-18-19-20(13)8-5-6-8/h8H,3-6H2,1-2H3. The number of aromatic nitrogens is 6. The number of hydrogen-bond acceptors (Lipinski definition) is 7. The second kappa shape index (κ2) is 5.77. The first-order valence-electron chi connectivity index (χ1n) is 7.02. The van der Waals surface area contributed by atoms with E-state index in [1.165, 1.54) is 11.8 Å². The topological polar surface area (TPSA) is 93.2 Å². The Balaban J connectivity index is 1.98. The molecule has 0 aliphatic heterocycles. The molecule has 1 saturated carbocycles. The fourth-order valence-corrected chi connectivity index (χ4v) is 3.11. The van der Waals surface area contributed by atoms with Crippen molar-refractivity contribution in [1.29, 1.82) is 5.26 Å². The zero-order valence-electron chi connectivity index (χ0n) is 11.9. The van der Waals surface area contributed by atoms with Crippen molar-refractivity contribution in [3.63, 3.8) is 0 Å². The van der Waals surface area contributed by atoms with Gasteiger partial charge >= 0.3 is 0 Å². The van der Waals surface area contributed by atoms with Crippen LogP contribution in [0.2, 0.25) is 0 Å². The van der Waals surface area contributed by atoms with Gasteiger partial charge in [-0.3, -0.25) is 0 Å². The molecule has 2 aromatic heterocycles. The van der Waals surface area contributed by atoms with Crippen molar-refractivity contribution in [2.24, 2.45) is 0 Å². The maximum Gasteiger partial charge on any atom is 0.215 e. The van der Waals surface area contributed by atoms with E-state index in [9.17, 15) is 5.26 Å². The van der Waals surface area contributed by atoms with Crippen molar-refractivity contribution in [2.75, 3.05) is 0 Å². The van der Waals surface area contributed by atoms with Crippen LogP contribution in [0.5, 0.6) is 0 Å². The molecule has 8 heteroatoms. The van der Waals surface area contributed by atoms with E-state index in [2.05, 4.69) is 31.8 Å². The Morgan fingerprint density at radius 3 is 2.67 bits per heavy atom. The zero-order valence-corrected chi connectivity index (χ0v) is 12.8. The molecule has 3 rings (SSSR count). The van der Waals surface area contributed by atoms with Gasteiger partial charge in [-0.1, -0.05) is 13.8 Å². The zero-order chi connectivity index (χ0) is 14.8. The van der Waals surface area contributed by atoms with Gasteiger partial charge in [-0.25, -0.2) is 4.68 Å². The van der Waals surface area contributed by atoms with Crippen LogP contribution in [-0.2, 0) is 12.8 Å². The Labute approximate surface area is 126 Å². The molecule has 0 aromatic carbocycles. The van der Waals surface area contributed by atoms with Gasteiger partial charge in [-0.15, -0.1) is 10.2 Å². The molecule has 0 spiro atoms. The first-order valence-corrected chi connectivity index (χ1v) is 7.84. The summed E-state index contributed by atoms with van der Waals surface area (Å²) in [6, 6.07) is 2.66. The molecule has 0 bridgehead atoms. The molecule has 21 heavy (non-hydrogen) atoms. The Bertz CT molecular complexity index is 699.